The van der Waals surface area contributed by atoms with E-state index in [0.29, 0.717) is 5.82 Å². The predicted molar refractivity (Wildman–Crippen MR) is 69.6 cm³/mol. The van der Waals surface area contributed by atoms with Crippen molar-refractivity contribution in [2.75, 3.05) is 5.73 Å². The molecule has 0 aliphatic rings. The number of hydrogen-bond acceptors (Lipinski definition) is 3. The monoisotopic (exact) mass is 230 g/mol. The average molecular weight is 230 g/mol. The van der Waals surface area contributed by atoms with Crippen molar-refractivity contribution in [3.63, 3.8) is 0 Å². The Hall–Kier alpha value is -1.84. The fourth-order valence-electron chi connectivity index (χ4n) is 1.80. The summed E-state index contributed by atoms with van der Waals surface area (Å²) in [7, 11) is 1.90. The molecule has 2 heterocycles. The number of nitrogen functional groups attached to an aromatic ring is 1. The van der Waals surface area contributed by atoms with Gasteiger partial charge in [0.1, 0.15) is 5.82 Å². The molecule has 4 heteroatoms. The lowest BCUT2D eigenvalue weighted by atomic mass is 9.86. The lowest BCUT2D eigenvalue weighted by Gasteiger charge is -2.21. The molecule has 0 aromatic carbocycles. The van der Waals surface area contributed by atoms with Gasteiger partial charge in [0.05, 0.1) is 6.20 Å². The van der Waals surface area contributed by atoms with E-state index in [9.17, 15) is 0 Å². The van der Waals surface area contributed by atoms with E-state index < -0.39 is 0 Å². The van der Waals surface area contributed by atoms with Crippen LogP contribution >= 0.6 is 0 Å². The summed E-state index contributed by atoms with van der Waals surface area (Å²) in [4.78, 5) is 4.27. The van der Waals surface area contributed by atoms with Gasteiger partial charge in [-0.1, -0.05) is 20.8 Å². The predicted octanol–water partition coefficient (Wildman–Crippen LogP) is 2.36. The second-order valence-electron chi connectivity index (χ2n) is 5.31. The van der Waals surface area contributed by atoms with Crippen LogP contribution in [0.15, 0.2) is 24.7 Å². The molecule has 0 unspecified atom stereocenters. The SMILES string of the molecule is Cn1cc(-c2cnc(N)c(C(C)(C)C)c2)cn1. The molecule has 0 radical (unpaired) electrons. The number of nitrogens with zero attached hydrogens (tertiary/aromatic N) is 3. The highest BCUT2D eigenvalue weighted by Gasteiger charge is 2.18. The quantitative estimate of drug-likeness (QED) is 0.818. The minimum absolute atomic E-state index is 0.00466. The van der Waals surface area contributed by atoms with E-state index in [0.717, 1.165) is 16.7 Å². The third-order valence-electron chi connectivity index (χ3n) is 2.76. The van der Waals surface area contributed by atoms with Crippen molar-refractivity contribution in [2.24, 2.45) is 7.05 Å². The van der Waals surface area contributed by atoms with Crippen LogP contribution in [-0.2, 0) is 12.5 Å². The van der Waals surface area contributed by atoms with Crippen LogP contribution in [0.25, 0.3) is 11.1 Å². The number of anilines is 1. The molecular formula is C13H18N4. The maximum Gasteiger partial charge on any atom is 0.127 e. The van der Waals surface area contributed by atoms with E-state index in [1.54, 1.807) is 10.9 Å². The Morgan fingerprint density at radius 2 is 1.88 bits per heavy atom. The molecule has 0 spiro atoms. The van der Waals surface area contributed by atoms with Crippen molar-refractivity contribution in [3.05, 3.63) is 30.2 Å². The molecule has 0 atom stereocenters. The molecule has 0 fully saturated rings. The first-order valence-electron chi connectivity index (χ1n) is 5.63. The van der Waals surface area contributed by atoms with Crippen LogP contribution in [0.1, 0.15) is 26.3 Å². The minimum atomic E-state index is -0.00466. The van der Waals surface area contributed by atoms with Crippen molar-refractivity contribution < 1.29 is 0 Å². The van der Waals surface area contributed by atoms with Crippen LogP contribution in [0.5, 0.6) is 0 Å². The number of aryl methyl sites for hydroxylation is 1. The van der Waals surface area contributed by atoms with Gasteiger partial charge in [-0.25, -0.2) is 4.98 Å². The van der Waals surface area contributed by atoms with Gasteiger partial charge in [-0.2, -0.15) is 5.10 Å². The summed E-state index contributed by atoms with van der Waals surface area (Å²) in [5.41, 5.74) is 9.10. The van der Waals surface area contributed by atoms with Gasteiger partial charge in [-0.3, -0.25) is 4.68 Å². The Morgan fingerprint density at radius 1 is 1.18 bits per heavy atom. The van der Waals surface area contributed by atoms with Crippen molar-refractivity contribution in [2.45, 2.75) is 26.2 Å². The molecule has 2 aromatic heterocycles. The second-order valence-corrected chi connectivity index (χ2v) is 5.31. The van der Waals surface area contributed by atoms with Gasteiger partial charge in [0.25, 0.3) is 0 Å². The molecule has 2 rings (SSSR count). The highest BCUT2D eigenvalue weighted by molar-refractivity contribution is 5.64. The third-order valence-corrected chi connectivity index (χ3v) is 2.76. The fraction of sp³-hybridized carbons (Fsp3) is 0.385. The normalized spacial score (nSPS) is 11.8. The first kappa shape index (κ1) is 11.6. The number of nitrogens with two attached hydrogens (primary N) is 1. The Labute approximate surface area is 101 Å². The molecule has 90 valence electrons. The zero-order chi connectivity index (χ0) is 12.6. The molecule has 0 aliphatic carbocycles. The Bertz CT molecular complexity index is 535. The summed E-state index contributed by atoms with van der Waals surface area (Å²) >= 11 is 0. The molecule has 4 nitrogen and oxygen atoms in total. The third kappa shape index (κ3) is 2.30. The topological polar surface area (TPSA) is 56.7 Å². The summed E-state index contributed by atoms with van der Waals surface area (Å²) in [5, 5.41) is 4.16. The molecule has 0 bridgehead atoms. The Balaban J connectivity index is 2.51. The van der Waals surface area contributed by atoms with Gasteiger partial charge >= 0.3 is 0 Å². The maximum absolute atomic E-state index is 5.93. The lowest BCUT2D eigenvalue weighted by Crippen LogP contribution is -2.15. The zero-order valence-corrected chi connectivity index (χ0v) is 10.7. The van der Waals surface area contributed by atoms with E-state index in [1.165, 1.54) is 0 Å². The van der Waals surface area contributed by atoms with Crippen molar-refractivity contribution in [3.8, 4) is 11.1 Å². The fourth-order valence-corrected chi connectivity index (χ4v) is 1.80. The number of pyridine rings is 1. The van der Waals surface area contributed by atoms with Gasteiger partial charge in [0.15, 0.2) is 0 Å². The molecule has 0 saturated carbocycles. The summed E-state index contributed by atoms with van der Waals surface area (Å²) in [6, 6.07) is 2.10. The first-order valence-corrected chi connectivity index (χ1v) is 5.63. The smallest absolute Gasteiger partial charge is 0.127 e. The standard InChI is InChI=1S/C13H18N4/c1-13(2,3)11-5-9(6-15-12(11)14)10-7-16-17(4)8-10/h5-8H,1-4H3,(H2,14,15). The molecule has 17 heavy (non-hydrogen) atoms. The highest BCUT2D eigenvalue weighted by Crippen LogP contribution is 2.30. The minimum Gasteiger partial charge on any atom is -0.383 e. The number of hydrogen-bond donors (Lipinski definition) is 1. The van der Waals surface area contributed by atoms with E-state index >= 15 is 0 Å². The molecule has 2 aromatic rings. The summed E-state index contributed by atoms with van der Waals surface area (Å²) in [6.07, 6.45) is 5.60. The van der Waals surface area contributed by atoms with Gasteiger partial charge < -0.3 is 5.73 Å². The van der Waals surface area contributed by atoms with Crippen LogP contribution < -0.4 is 5.73 Å². The highest BCUT2D eigenvalue weighted by atomic mass is 15.2. The molecular weight excluding hydrogens is 212 g/mol. The Kier molecular flexibility index (Phi) is 2.65. The molecule has 0 aliphatic heterocycles. The van der Waals surface area contributed by atoms with Crippen molar-refractivity contribution in [1.29, 1.82) is 0 Å². The van der Waals surface area contributed by atoms with Crippen LogP contribution in [0, 0.1) is 0 Å². The van der Waals surface area contributed by atoms with E-state index in [-0.39, 0.29) is 5.41 Å². The zero-order valence-electron chi connectivity index (χ0n) is 10.7. The average Bonchev–Trinajstić information content (AvgIpc) is 2.64. The van der Waals surface area contributed by atoms with Gasteiger partial charge in [-0.05, 0) is 11.5 Å². The van der Waals surface area contributed by atoms with E-state index in [1.807, 2.05) is 19.4 Å². The number of rotatable bonds is 1. The van der Waals surface area contributed by atoms with Crippen molar-refractivity contribution >= 4 is 5.82 Å². The van der Waals surface area contributed by atoms with Crippen LogP contribution in [0.4, 0.5) is 5.82 Å². The molecule has 2 N–H and O–H groups in total. The van der Waals surface area contributed by atoms with E-state index in [4.69, 9.17) is 5.73 Å². The lowest BCUT2D eigenvalue weighted by molar-refractivity contribution is 0.590. The second kappa shape index (κ2) is 3.87. The van der Waals surface area contributed by atoms with Gasteiger partial charge in [0, 0.05) is 36.1 Å². The van der Waals surface area contributed by atoms with Crippen LogP contribution in [-0.4, -0.2) is 14.8 Å². The van der Waals surface area contributed by atoms with E-state index in [2.05, 4.69) is 36.9 Å². The largest absolute Gasteiger partial charge is 0.383 e. The first-order chi connectivity index (χ1) is 7.88. The van der Waals surface area contributed by atoms with Crippen LogP contribution in [0.3, 0.4) is 0 Å². The molecule has 0 saturated heterocycles. The summed E-state index contributed by atoms with van der Waals surface area (Å²) in [5.74, 6) is 0.602. The Morgan fingerprint density at radius 3 is 2.41 bits per heavy atom. The summed E-state index contributed by atoms with van der Waals surface area (Å²) < 4.78 is 1.78. The van der Waals surface area contributed by atoms with Crippen LogP contribution in [0.2, 0.25) is 0 Å². The van der Waals surface area contributed by atoms with Gasteiger partial charge in [-0.15, -0.1) is 0 Å². The number of aromatic nitrogens is 3. The van der Waals surface area contributed by atoms with Crippen molar-refractivity contribution in [1.82, 2.24) is 14.8 Å². The van der Waals surface area contributed by atoms with Gasteiger partial charge in [0.2, 0.25) is 0 Å². The maximum atomic E-state index is 5.93. The molecule has 0 amide bonds. The summed E-state index contributed by atoms with van der Waals surface area (Å²) in [6.45, 7) is 6.40.